The molecule has 1 rings (SSSR count). The highest BCUT2D eigenvalue weighted by molar-refractivity contribution is 5.67. The van der Waals surface area contributed by atoms with E-state index in [-0.39, 0.29) is 6.61 Å². The van der Waals surface area contributed by atoms with Gasteiger partial charge in [0.05, 0.1) is 0 Å². The van der Waals surface area contributed by atoms with Gasteiger partial charge in [-0.2, -0.15) is 13.2 Å². The molecule has 0 aliphatic heterocycles. The number of nitrogens with one attached hydrogen (secondary N) is 1. The van der Waals surface area contributed by atoms with Crippen molar-refractivity contribution in [3.05, 3.63) is 35.9 Å². The predicted octanol–water partition coefficient (Wildman–Crippen LogP) is 2.23. The Bertz CT molecular complexity index is 395. The number of amides is 1. The number of rotatable bonds is 5. The minimum Gasteiger partial charge on any atom is -0.445 e. The normalized spacial score (nSPS) is 12.8. The van der Waals surface area contributed by atoms with Crippen molar-refractivity contribution < 1.29 is 27.8 Å². The average Bonchev–Trinajstić information content (AvgIpc) is 2.36. The van der Waals surface area contributed by atoms with Gasteiger partial charge in [0.2, 0.25) is 0 Å². The van der Waals surface area contributed by atoms with Gasteiger partial charge in [0.1, 0.15) is 12.6 Å². The number of aliphatic hydroxyl groups excluding tert-OH is 1. The maximum absolute atomic E-state index is 12.4. The van der Waals surface area contributed by atoms with E-state index in [2.05, 4.69) is 4.74 Å². The first-order chi connectivity index (χ1) is 8.93. The largest absolute Gasteiger partial charge is 0.445 e. The van der Waals surface area contributed by atoms with Crippen LogP contribution in [0.1, 0.15) is 12.0 Å². The Morgan fingerprint density at radius 3 is 2.47 bits per heavy atom. The highest BCUT2D eigenvalue weighted by Gasteiger charge is 2.40. The lowest BCUT2D eigenvalue weighted by atomic mass is 10.2. The SMILES string of the molecule is O=C(NC(CCO)C(F)(F)F)OCc1ccccc1. The van der Waals surface area contributed by atoms with Crippen molar-refractivity contribution in [3.63, 3.8) is 0 Å². The van der Waals surface area contributed by atoms with Crippen LogP contribution in [0, 0.1) is 0 Å². The molecule has 0 saturated carbocycles. The molecule has 0 saturated heterocycles. The van der Waals surface area contributed by atoms with Gasteiger partial charge in [-0.05, 0) is 12.0 Å². The van der Waals surface area contributed by atoms with Crippen LogP contribution in [0.5, 0.6) is 0 Å². The molecule has 19 heavy (non-hydrogen) atoms. The second-order valence-electron chi connectivity index (χ2n) is 3.81. The molecule has 0 fully saturated rings. The summed E-state index contributed by atoms with van der Waals surface area (Å²) in [6.45, 7) is -0.792. The van der Waals surface area contributed by atoms with Crippen molar-refractivity contribution in [3.8, 4) is 0 Å². The van der Waals surface area contributed by atoms with Gasteiger partial charge in [-0.1, -0.05) is 30.3 Å². The molecule has 0 spiro atoms. The highest BCUT2D eigenvalue weighted by Crippen LogP contribution is 2.22. The molecular weight excluding hydrogens is 263 g/mol. The summed E-state index contributed by atoms with van der Waals surface area (Å²) >= 11 is 0. The minimum absolute atomic E-state index is 0.115. The lowest BCUT2D eigenvalue weighted by molar-refractivity contribution is -0.157. The van der Waals surface area contributed by atoms with Gasteiger partial charge >= 0.3 is 12.3 Å². The molecule has 1 aromatic carbocycles. The molecule has 1 aromatic rings. The topological polar surface area (TPSA) is 58.6 Å². The number of alkyl halides is 3. The van der Waals surface area contributed by atoms with Gasteiger partial charge in [0.25, 0.3) is 0 Å². The van der Waals surface area contributed by atoms with Gasteiger partial charge < -0.3 is 15.2 Å². The van der Waals surface area contributed by atoms with E-state index in [1.54, 1.807) is 35.6 Å². The summed E-state index contributed by atoms with van der Waals surface area (Å²) in [5.74, 6) is 0. The van der Waals surface area contributed by atoms with Crippen LogP contribution >= 0.6 is 0 Å². The summed E-state index contributed by atoms with van der Waals surface area (Å²) in [5.41, 5.74) is 0.670. The standard InChI is InChI=1S/C12H14F3NO3/c13-12(14,15)10(6-7-17)16-11(18)19-8-9-4-2-1-3-5-9/h1-5,10,17H,6-8H2,(H,16,18). The summed E-state index contributed by atoms with van der Waals surface area (Å²) < 4.78 is 42.0. The van der Waals surface area contributed by atoms with Crippen molar-refractivity contribution >= 4 is 6.09 Å². The summed E-state index contributed by atoms with van der Waals surface area (Å²) in [5, 5.41) is 10.2. The van der Waals surface area contributed by atoms with Gasteiger partial charge in [-0.15, -0.1) is 0 Å². The van der Waals surface area contributed by atoms with Gasteiger partial charge in [-0.3, -0.25) is 0 Å². The lowest BCUT2D eigenvalue weighted by Gasteiger charge is -2.20. The molecule has 106 valence electrons. The molecule has 0 bridgehead atoms. The summed E-state index contributed by atoms with van der Waals surface area (Å²) in [6.07, 6.45) is -6.39. The average molecular weight is 277 g/mol. The van der Waals surface area contributed by atoms with Crippen LogP contribution in [0.2, 0.25) is 0 Å². The third kappa shape index (κ3) is 5.60. The van der Waals surface area contributed by atoms with E-state index in [1.807, 2.05) is 0 Å². The van der Waals surface area contributed by atoms with E-state index in [0.29, 0.717) is 5.56 Å². The molecule has 4 nitrogen and oxygen atoms in total. The van der Waals surface area contributed by atoms with Crippen molar-refractivity contribution in [2.75, 3.05) is 6.61 Å². The molecule has 1 amide bonds. The zero-order chi connectivity index (χ0) is 14.3. The van der Waals surface area contributed by atoms with E-state index in [0.717, 1.165) is 0 Å². The molecule has 1 atom stereocenters. The monoisotopic (exact) mass is 277 g/mol. The number of carbonyl (C=O) groups is 1. The molecular formula is C12H14F3NO3. The quantitative estimate of drug-likeness (QED) is 0.867. The van der Waals surface area contributed by atoms with E-state index < -0.39 is 31.3 Å². The third-order valence-electron chi connectivity index (χ3n) is 2.32. The molecule has 0 aliphatic rings. The Labute approximate surface area is 108 Å². The van der Waals surface area contributed by atoms with E-state index in [4.69, 9.17) is 5.11 Å². The van der Waals surface area contributed by atoms with Crippen molar-refractivity contribution in [2.45, 2.75) is 25.2 Å². The smallest absolute Gasteiger partial charge is 0.408 e. The minimum atomic E-state index is -4.62. The van der Waals surface area contributed by atoms with E-state index >= 15 is 0 Å². The first kappa shape index (κ1) is 15.3. The first-order valence-corrected chi connectivity index (χ1v) is 5.58. The fourth-order valence-corrected chi connectivity index (χ4v) is 1.35. The molecule has 0 heterocycles. The molecule has 0 radical (unpaired) electrons. The zero-order valence-electron chi connectivity index (χ0n) is 9.98. The summed E-state index contributed by atoms with van der Waals surface area (Å²) in [6, 6.07) is 6.47. The zero-order valence-corrected chi connectivity index (χ0v) is 9.98. The number of hydrogen-bond acceptors (Lipinski definition) is 3. The first-order valence-electron chi connectivity index (χ1n) is 5.58. The second-order valence-corrected chi connectivity index (χ2v) is 3.81. The van der Waals surface area contributed by atoms with Crippen molar-refractivity contribution in [2.24, 2.45) is 0 Å². The highest BCUT2D eigenvalue weighted by atomic mass is 19.4. The van der Waals surface area contributed by atoms with Gasteiger partial charge in [0, 0.05) is 6.61 Å². The third-order valence-corrected chi connectivity index (χ3v) is 2.32. The van der Waals surface area contributed by atoms with Crippen LogP contribution in [0.25, 0.3) is 0 Å². The van der Waals surface area contributed by atoms with Gasteiger partial charge in [0.15, 0.2) is 0 Å². The molecule has 0 aliphatic carbocycles. The summed E-state index contributed by atoms with van der Waals surface area (Å²) in [4.78, 5) is 11.2. The molecule has 0 aromatic heterocycles. The Morgan fingerprint density at radius 2 is 1.95 bits per heavy atom. The number of aliphatic hydroxyl groups is 1. The van der Waals surface area contributed by atoms with Crippen molar-refractivity contribution in [1.82, 2.24) is 5.32 Å². The van der Waals surface area contributed by atoms with Gasteiger partial charge in [-0.25, -0.2) is 4.79 Å². The van der Waals surface area contributed by atoms with E-state index in [9.17, 15) is 18.0 Å². The number of ether oxygens (including phenoxy) is 1. The number of carbonyl (C=O) groups excluding carboxylic acids is 1. The number of halogens is 3. The molecule has 7 heteroatoms. The van der Waals surface area contributed by atoms with E-state index in [1.165, 1.54) is 0 Å². The van der Waals surface area contributed by atoms with Crippen LogP contribution in [0.15, 0.2) is 30.3 Å². The number of alkyl carbamates (subject to hydrolysis) is 1. The Kier molecular flexibility index (Phi) is 5.62. The Morgan fingerprint density at radius 1 is 1.32 bits per heavy atom. The number of benzene rings is 1. The van der Waals surface area contributed by atoms with Crippen LogP contribution in [0.3, 0.4) is 0 Å². The molecule has 2 N–H and O–H groups in total. The van der Waals surface area contributed by atoms with Crippen LogP contribution in [-0.4, -0.2) is 30.0 Å². The fourth-order valence-electron chi connectivity index (χ4n) is 1.35. The van der Waals surface area contributed by atoms with Crippen LogP contribution in [-0.2, 0) is 11.3 Å². The lowest BCUT2D eigenvalue weighted by Crippen LogP contribution is -2.46. The Balaban J connectivity index is 2.45. The Hall–Kier alpha value is -1.76. The van der Waals surface area contributed by atoms with Crippen LogP contribution in [0.4, 0.5) is 18.0 Å². The maximum atomic E-state index is 12.4. The number of hydrogen-bond donors (Lipinski definition) is 2. The van der Waals surface area contributed by atoms with Crippen LogP contribution < -0.4 is 5.32 Å². The molecule has 1 unspecified atom stereocenters. The fraction of sp³-hybridized carbons (Fsp3) is 0.417. The summed E-state index contributed by atoms with van der Waals surface area (Å²) in [7, 11) is 0. The second kappa shape index (κ2) is 6.98. The maximum Gasteiger partial charge on any atom is 0.408 e. The van der Waals surface area contributed by atoms with Crippen molar-refractivity contribution in [1.29, 1.82) is 0 Å². The predicted molar refractivity (Wildman–Crippen MR) is 61.3 cm³/mol.